The van der Waals surface area contributed by atoms with Crippen LogP contribution in [0.5, 0.6) is 0 Å². The zero-order valence-corrected chi connectivity index (χ0v) is 46.7. The topological polar surface area (TPSA) is 390 Å². The molecule has 0 fully saturated rings. The summed E-state index contributed by atoms with van der Waals surface area (Å²) in [7, 11) is 1.69. The van der Waals surface area contributed by atoms with E-state index in [0.717, 1.165) is 51.4 Å². The van der Waals surface area contributed by atoms with Gasteiger partial charge in [-0.3, -0.25) is 38.4 Å². The average Bonchev–Trinajstić information content (AvgIpc) is 3.39. The van der Waals surface area contributed by atoms with E-state index in [-0.39, 0.29) is 131 Å². The minimum absolute atomic E-state index is 0. The Balaban J connectivity index is -0.00000203. The fourth-order valence-electron chi connectivity index (χ4n) is 7.83. The summed E-state index contributed by atoms with van der Waals surface area (Å²) in [6.45, 7) is 1.83. The van der Waals surface area contributed by atoms with Gasteiger partial charge in [-0.25, -0.2) is 14.4 Å². The molecule has 0 aliphatic heterocycles. The van der Waals surface area contributed by atoms with E-state index in [1.807, 2.05) is 0 Å². The number of ether oxygens (including phenoxy) is 4. The number of Topliss-reactive ketones (excluding diaryl/α,β-unsaturated/α-hetero) is 1. The maximum absolute atomic E-state index is 12.5. The van der Waals surface area contributed by atoms with Gasteiger partial charge in [-0.2, -0.15) is 0 Å². The lowest BCUT2D eigenvalue weighted by atomic mass is 10.0. The van der Waals surface area contributed by atoms with Gasteiger partial charge in [-0.05, 0) is 65.3 Å². The van der Waals surface area contributed by atoms with Gasteiger partial charge in [0.15, 0.2) is 0 Å². The predicted molar refractivity (Wildman–Crippen MR) is 300 cm³/mol. The van der Waals surface area contributed by atoms with Crippen molar-refractivity contribution >= 4 is 65.1 Å². The third kappa shape index (κ3) is 45.7. The summed E-state index contributed by atoms with van der Waals surface area (Å²) in [6, 6.07) is -4.32. The first kappa shape index (κ1) is 73.2. The fourth-order valence-corrected chi connectivity index (χ4v) is 7.83. The summed E-state index contributed by atoms with van der Waals surface area (Å²) in [6.07, 6.45) is 15.8. The van der Waals surface area contributed by atoms with Gasteiger partial charge < -0.3 is 76.6 Å². The number of carbonyl (C=O) groups is 11. The Hall–Kier alpha value is -5.83. The normalized spacial score (nSPS) is 12.5. The molecule has 0 heterocycles. The first-order valence-electron chi connectivity index (χ1n) is 27.9. The second-order valence-corrected chi connectivity index (χ2v) is 19.2. The van der Waals surface area contributed by atoms with E-state index >= 15 is 0 Å². The fraction of sp³-hybridized carbons (Fsp3) is 0.792. The SMILES string of the molecule is CN[C@@H](CCCCNC(=O)CC[C@H](NC(=O)CC[C@H](NC(=O)COCCOCCNC(=O)COCCOCCNC(=O)CC[C@H](NC(=O)CCCCCCCCCCCCCCCCC(=O)O)C(=O)O)C(=O)O)C(=O)O)C(C)=O.[HH].[HH].[HH].[HH].[HH].[HH]. The Labute approximate surface area is 473 Å². The largest absolute Gasteiger partial charge is 0.481 e. The molecule has 0 saturated heterocycles. The standard InChI is InChI=1S/C53H93N7O19.6H2/c1-39(61)40(54-2)19-17-18-28-55-44(62)25-22-42(52(72)73)59-47(65)27-24-43(53(74)75)60-49(67)38-79-36-34-77-32-30-57-48(66)37-78-35-33-76-31-29-56-45(63)26-23-41(51(70)71)58-46(64)20-15-13-11-9-7-5-3-4-6-8-10-12-14-16-21-50(68)69;;;;;;/h40-43,54H,3-38H2,1-2H3,(H,55,62)(H,56,63)(H,57,66)(H,58,64)(H,59,65)(H,60,67)(H,68,69)(H,70,71)(H,72,73)(H,74,75);6*1H/t40-,41-,42-,43-;;;;;;/m0....../s1. The number of carboxylic acids is 4. The second kappa shape index (κ2) is 49.2. The Morgan fingerprint density at radius 2 is 0.709 bits per heavy atom. The maximum Gasteiger partial charge on any atom is 0.326 e. The number of aliphatic carboxylic acids is 4. The first-order valence-corrected chi connectivity index (χ1v) is 27.9. The van der Waals surface area contributed by atoms with Crippen LogP contribution in [0.2, 0.25) is 0 Å². The molecule has 0 aliphatic carbocycles. The highest BCUT2D eigenvalue weighted by molar-refractivity contribution is 5.87. The first-order chi connectivity index (χ1) is 37.9. The van der Waals surface area contributed by atoms with Crippen molar-refractivity contribution in [2.24, 2.45) is 0 Å². The molecule has 26 heteroatoms. The van der Waals surface area contributed by atoms with E-state index in [2.05, 4.69) is 37.2 Å². The molecule has 0 radical (unpaired) electrons. The number of nitrogens with one attached hydrogen (secondary N) is 7. The molecule has 0 rings (SSSR count). The molecule has 0 aromatic carbocycles. The van der Waals surface area contributed by atoms with Crippen LogP contribution in [0.3, 0.4) is 0 Å². The quantitative estimate of drug-likeness (QED) is 0.0388. The summed E-state index contributed by atoms with van der Waals surface area (Å²) in [5, 5.41) is 55.1. The van der Waals surface area contributed by atoms with Crippen molar-refractivity contribution < 1.29 is 101 Å². The lowest BCUT2D eigenvalue weighted by Gasteiger charge is -2.17. The molecule has 6 amide bonds. The van der Waals surface area contributed by atoms with Gasteiger partial charge >= 0.3 is 23.9 Å². The van der Waals surface area contributed by atoms with E-state index in [1.165, 1.54) is 39.0 Å². The van der Waals surface area contributed by atoms with E-state index < -0.39 is 84.6 Å². The summed E-state index contributed by atoms with van der Waals surface area (Å²) in [5.41, 5.74) is 0. The summed E-state index contributed by atoms with van der Waals surface area (Å²) in [4.78, 5) is 131. The van der Waals surface area contributed by atoms with Crippen molar-refractivity contribution in [1.29, 1.82) is 0 Å². The highest BCUT2D eigenvalue weighted by Crippen LogP contribution is 2.14. The highest BCUT2D eigenvalue weighted by Gasteiger charge is 2.25. The van der Waals surface area contributed by atoms with E-state index in [9.17, 15) is 68.1 Å². The van der Waals surface area contributed by atoms with Gasteiger partial charge in [-0.15, -0.1) is 0 Å². The van der Waals surface area contributed by atoms with E-state index in [1.54, 1.807) is 7.05 Å². The van der Waals surface area contributed by atoms with Crippen LogP contribution in [0.4, 0.5) is 0 Å². The summed E-state index contributed by atoms with van der Waals surface area (Å²) in [5.74, 6) is -7.88. The molecule has 11 N–H and O–H groups in total. The predicted octanol–water partition coefficient (Wildman–Crippen LogP) is 3.60. The number of carbonyl (C=O) groups excluding carboxylic acids is 7. The number of carboxylic acid groups (broad SMARTS) is 4. The molecule has 0 spiro atoms. The molecular formula is C53H105N7O19. The van der Waals surface area contributed by atoms with Gasteiger partial charge in [0.2, 0.25) is 35.4 Å². The van der Waals surface area contributed by atoms with Crippen molar-refractivity contribution in [2.45, 2.75) is 192 Å². The molecular weight excluding hydrogens is 1040 g/mol. The number of ketones is 1. The molecule has 4 atom stereocenters. The molecule has 0 aliphatic rings. The van der Waals surface area contributed by atoms with Crippen LogP contribution in [0, 0.1) is 0 Å². The van der Waals surface area contributed by atoms with Crippen molar-refractivity contribution in [1.82, 2.24) is 37.2 Å². The molecule has 0 saturated carbocycles. The van der Waals surface area contributed by atoms with Gasteiger partial charge in [0.25, 0.3) is 0 Å². The monoisotopic (exact) mass is 1140 g/mol. The van der Waals surface area contributed by atoms with Crippen LogP contribution in [-0.4, -0.2) is 189 Å². The number of hydrogen-bond acceptors (Lipinski definition) is 16. The van der Waals surface area contributed by atoms with Gasteiger partial charge in [0.1, 0.15) is 37.1 Å². The Morgan fingerprint density at radius 3 is 1.13 bits per heavy atom. The van der Waals surface area contributed by atoms with Crippen molar-refractivity contribution in [3.8, 4) is 0 Å². The Kier molecular flexibility index (Phi) is 45.6. The minimum Gasteiger partial charge on any atom is -0.481 e. The van der Waals surface area contributed by atoms with E-state index in [4.69, 9.17) is 24.1 Å². The Bertz CT molecular complexity index is 1820. The lowest BCUT2D eigenvalue weighted by Crippen LogP contribution is -2.45. The molecule has 26 nitrogen and oxygen atoms in total. The number of amides is 6. The van der Waals surface area contributed by atoms with Crippen molar-refractivity contribution in [2.75, 3.05) is 79.5 Å². The zero-order valence-electron chi connectivity index (χ0n) is 46.7. The zero-order chi connectivity index (χ0) is 58.9. The van der Waals surface area contributed by atoms with Crippen LogP contribution in [0.1, 0.15) is 176 Å². The van der Waals surface area contributed by atoms with Crippen LogP contribution in [0.25, 0.3) is 0 Å². The molecule has 79 heavy (non-hydrogen) atoms. The van der Waals surface area contributed by atoms with Crippen LogP contribution < -0.4 is 37.2 Å². The number of hydrogen-bond donors (Lipinski definition) is 11. The third-order valence-electron chi connectivity index (χ3n) is 12.4. The van der Waals surface area contributed by atoms with E-state index in [0.29, 0.717) is 32.2 Å². The van der Waals surface area contributed by atoms with Gasteiger partial charge in [0.05, 0.1) is 45.7 Å². The minimum atomic E-state index is -1.48. The Morgan fingerprint density at radius 1 is 0.354 bits per heavy atom. The molecule has 0 aromatic heterocycles. The molecule has 0 bridgehead atoms. The molecule has 466 valence electrons. The van der Waals surface area contributed by atoms with Crippen LogP contribution >= 0.6 is 0 Å². The third-order valence-corrected chi connectivity index (χ3v) is 12.4. The average molecular weight is 1140 g/mol. The van der Waals surface area contributed by atoms with Crippen molar-refractivity contribution in [3.63, 3.8) is 0 Å². The lowest BCUT2D eigenvalue weighted by molar-refractivity contribution is -0.144. The van der Waals surface area contributed by atoms with Gasteiger partial charge in [0, 0.05) is 60.3 Å². The maximum atomic E-state index is 12.5. The second-order valence-electron chi connectivity index (χ2n) is 19.2. The highest BCUT2D eigenvalue weighted by atomic mass is 16.5. The molecule has 0 unspecified atom stereocenters. The van der Waals surface area contributed by atoms with Crippen LogP contribution in [0.15, 0.2) is 0 Å². The summed E-state index contributed by atoms with van der Waals surface area (Å²) < 4.78 is 21.2. The molecule has 0 aromatic rings. The number of likely N-dealkylation sites (N-methyl/N-ethyl adjacent to an activating group) is 1. The van der Waals surface area contributed by atoms with Crippen molar-refractivity contribution in [3.05, 3.63) is 0 Å². The number of rotatable bonds is 55. The van der Waals surface area contributed by atoms with Crippen LogP contribution in [-0.2, 0) is 71.7 Å². The summed E-state index contributed by atoms with van der Waals surface area (Å²) >= 11 is 0. The van der Waals surface area contributed by atoms with Gasteiger partial charge in [-0.1, -0.05) is 77.0 Å². The smallest absolute Gasteiger partial charge is 0.326 e. The number of unbranched alkanes of at least 4 members (excludes halogenated alkanes) is 14.